The fraction of sp³-hybridized carbons (Fsp3) is 0.0769. The SMILES string of the molecule is O=S1(=O)Nc2ccccc2C(O)c2ccccc21. The minimum atomic E-state index is -3.63. The van der Waals surface area contributed by atoms with Gasteiger partial charge in [0, 0.05) is 11.1 Å². The molecule has 0 saturated carbocycles. The molecule has 1 aliphatic rings. The average molecular weight is 261 g/mol. The highest BCUT2D eigenvalue weighted by atomic mass is 32.2. The fourth-order valence-electron chi connectivity index (χ4n) is 2.15. The Labute approximate surface area is 105 Å². The molecule has 3 rings (SSSR count). The van der Waals surface area contributed by atoms with Gasteiger partial charge < -0.3 is 5.11 Å². The molecular formula is C13H11NO3S. The summed E-state index contributed by atoms with van der Waals surface area (Å²) in [6, 6.07) is 13.3. The number of para-hydroxylation sites is 1. The molecule has 0 fully saturated rings. The van der Waals surface area contributed by atoms with Crippen LogP contribution in [-0.2, 0) is 10.0 Å². The number of sulfonamides is 1. The quantitative estimate of drug-likeness (QED) is 0.761. The molecule has 0 radical (unpaired) electrons. The first-order valence-electron chi connectivity index (χ1n) is 5.48. The normalized spacial score (nSPS) is 20.2. The van der Waals surface area contributed by atoms with Crippen LogP contribution in [0.25, 0.3) is 0 Å². The molecular weight excluding hydrogens is 250 g/mol. The van der Waals surface area contributed by atoms with Gasteiger partial charge in [-0.2, -0.15) is 0 Å². The van der Waals surface area contributed by atoms with Crippen LogP contribution in [0.2, 0.25) is 0 Å². The summed E-state index contributed by atoms with van der Waals surface area (Å²) in [7, 11) is -3.63. The third-order valence-electron chi connectivity index (χ3n) is 3.00. The molecule has 0 saturated heterocycles. The zero-order valence-electron chi connectivity index (χ0n) is 9.37. The number of anilines is 1. The van der Waals surface area contributed by atoms with Gasteiger partial charge >= 0.3 is 0 Å². The standard InChI is InChI=1S/C13H11NO3S/c15-13-9-5-1-3-7-11(9)14-18(16,17)12-8-4-2-6-10(12)13/h1-8,13-15H. The number of rotatable bonds is 0. The minimum Gasteiger partial charge on any atom is -0.384 e. The second kappa shape index (κ2) is 3.83. The molecule has 0 aromatic heterocycles. The number of hydrogen-bond donors (Lipinski definition) is 2. The predicted molar refractivity (Wildman–Crippen MR) is 67.8 cm³/mol. The molecule has 92 valence electrons. The maximum Gasteiger partial charge on any atom is 0.262 e. The van der Waals surface area contributed by atoms with Crippen LogP contribution in [0.1, 0.15) is 17.2 Å². The number of fused-ring (bicyclic) bond motifs is 2. The van der Waals surface area contributed by atoms with E-state index in [2.05, 4.69) is 4.72 Å². The zero-order valence-corrected chi connectivity index (χ0v) is 10.2. The highest BCUT2D eigenvalue weighted by molar-refractivity contribution is 7.92. The summed E-state index contributed by atoms with van der Waals surface area (Å²) in [5.74, 6) is 0. The Morgan fingerprint density at radius 3 is 2.33 bits per heavy atom. The Hall–Kier alpha value is -1.85. The average Bonchev–Trinajstić information content (AvgIpc) is 2.45. The van der Waals surface area contributed by atoms with Gasteiger partial charge in [0.1, 0.15) is 6.10 Å². The summed E-state index contributed by atoms with van der Waals surface area (Å²) in [6.45, 7) is 0. The summed E-state index contributed by atoms with van der Waals surface area (Å²) >= 11 is 0. The molecule has 5 heteroatoms. The molecule has 1 heterocycles. The molecule has 2 N–H and O–H groups in total. The van der Waals surface area contributed by atoms with Gasteiger partial charge in [0.25, 0.3) is 10.0 Å². The van der Waals surface area contributed by atoms with Crippen LogP contribution in [0, 0.1) is 0 Å². The number of benzene rings is 2. The van der Waals surface area contributed by atoms with E-state index in [-0.39, 0.29) is 4.90 Å². The number of nitrogens with one attached hydrogen (secondary N) is 1. The fourth-order valence-corrected chi connectivity index (χ4v) is 3.48. The Balaban J connectivity index is 2.35. The summed E-state index contributed by atoms with van der Waals surface area (Å²) in [6.07, 6.45) is -0.942. The molecule has 0 spiro atoms. The molecule has 1 aliphatic heterocycles. The summed E-state index contributed by atoms with van der Waals surface area (Å²) in [5, 5.41) is 10.3. The highest BCUT2D eigenvalue weighted by Gasteiger charge is 2.29. The third kappa shape index (κ3) is 1.60. The number of aliphatic hydroxyl groups excluding tert-OH is 1. The van der Waals surface area contributed by atoms with Gasteiger partial charge in [-0.1, -0.05) is 36.4 Å². The first-order valence-corrected chi connectivity index (χ1v) is 6.96. The first kappa shape index (κ1) is 11.3. The van der Waals surface area contributed by atoms with Crippen molar-refractivity contribution in [1.82, 2.24) is 0 Å². The van der Waals surface area contributed by atoms with E-state index in [0.717, 1.165) is 0 Å². The highest BCUT2D eigenvalue weighted by Crippen LogP contribution is 2.36. The van der Waals surface area contributed by atoms with Crippen molar-refractivity contribution in [3.8, 4) is 0 Å². The Morgan fingerprint density at radius 2 is 1.56 bits per heavy atom. The topological polar surface area (TPSA) is 66.4 Å². The predicted octanol–water partition coefficient (Wildman–Crippen LogP) is 1.88. The lowest BCUT2D eigenvalue weighted by molar-refractivity contribution is 0.218. The van der Waals surface area contributed by atoms with Crippen molar-refractivity contribution >= 4 is 15.7 Å². The van der Waals surface area contributed by atoms with Gasteiger partial charge in [-0.25, -0.2) is 8.42 Å². The Morgan fingerprint density at radius 1 is 0.944 bits per heavy atom. The van der Waals surface area contributed by atoms with Crippen LogP contribution in [-0.4, -0.2) is 13.5 Å². The van der Waals surface area contributed by atoms with Crippen molar-refractivity contribution < 1.29 is 13.5 Å². The smallest absolute Gasteiger partial charge is 0.262 e. The van der Waals surface area contributed by atoms with Crippen molar-refractivity contribution in [2.75, 3.05) is 4.72 Å². The lowest BCUT2D eigenvalue weighted by Crippen LogP contribution is -2.12. The first-order chi connectivity index (χ1) is 8.59. The van der Waals surface area contributed by atoms with Crippen molar-refractivity contribution in [1.29, 1.82) is 0 Å². The van der Waals surface area contributed by atoms with E-state index in [9.17, 15) is 13.5 Å². The van der Waals surface area contributed by atoms with Crippen molar-refractivity contribution in [3.05, 3.63) is 59.7 Å². The van der Waals surface area contributed by atoms with Crippen LogP contribution >= 0.6 is 0 Å². The third-order valence-corrected chi connectivity index (χ3v) is 4.44. The number of hydrogen-bond acceptors (Lipinski definition) is 3. The molecule has 1 atom stereocenters. The largest absolute Gasteiger partial charge is 0.384 e. The maximum atomic E-state index is 12.2. The monoisotopic (exact) mass is 261 g/mol. The second-order valence-corrected chi connectivity index (χ2v) is 5.78. The molecule has 2 aromatic carbocycles. The van der Waals surface area contributed by atoms with E-state index in [0.29, 0.717) is 16.8 Å². The zero-order chi connectivity index (χ0) is 12.8. The van der Waals surface area contributed by atoms with Crippen LogP contribution < -0.4 is 4.72 Å². The van der Waals surface area contributed by atoms with E-state index in [1.54, 1.807) is 42.5 Å². The van der Waals surface area contributed by atoms with E-state index in [4.69, 9.17) is 0 Å². The molecule has 2 aromatic rings. The lowest BCUT2D eigenvalue weighted by Gasteiger charge is -2.11. The van der Waals surface area contributed by atoms with E-state index < -0.39 is 16.1 Å². The van der Waals surface area contributed by atoms with Gasteiger partial charge in [0.15, 0.2) is 0 Å². The van der Waals surface area contributed by atoms with Gasteiger partial charge in [0.2, 0.25) is 0 Å². The second-order valence-electron chi connectivity index (χ2n) is 4.13. The van der Waals surface area contributed by atoms with Crippen molar-refractivity contribution in [2.45, 2.75) is 11.0 Å². The van der Waals surface area contributed by atoms with E-state index in [1.165, 1.54) is 6.07 Å². The minimum absolute atomic E-state index is 0.119. The molecule has 0 amide bonds. The summed E-state index contributed by atoms with van der Waals surface area (Å²) in [5.41, 5.74) is 1.38. The van der Waals surface area contributed by atoms with E-state index >= 15 is 0 Å². The molecule has 4 nitrogen and oxygen atoms in total. The maximum absolute atomic E-state index is 12.2. The Bertz CT molecular complexity index is 710. The van der Waals surface area contributed by atoms with E-state index in [1.807, 2.05) is 0 Å². The molecule has 0 bridgehead atoms. The van der Waals surface area contributed by atoms with Gasteiger partial charge in [-0.3, -0.25) is 4.72 Å². The van der Waals surface area contributed by atoms with Crippen LogP contribution in [0.3, 0.4) is 0 Å². The van der Waals surface area contributed by atoms with Crippen molar-refractivity contribution in [2.24, 2.45) is 0 Å². The molecule has 1 unspecified atom stereocenters. The van der Waals surface area contributed by atoms with Crippen molar-refractivity contribution in [3.63, 3.8) is 0 Å². The molecule has 18 heavy (non-hydrogen) atoms. The van der Waals surface area contributed by atoms with Gasteiger partial charge in [-0.15, -0.1) is 0 Å². The van der Waals surface area contributed by atoms with Gasteiger partial charge in [-0.05, 0) is 12.1 Å². The summed E-state index contributed by atoms with van der Waals surface area (Å²) < 4.78 is 26.9. The Kier molecular flexibility index (Phi) is 2.39. The molecule has 0 aliphatic carbocycles. The van der Waals surface area contributed by atoms with Crippen LogP contribution in [0.4, 0.5) is 5.69 Å². The van der Waals surface area contributed by atoms with Crippen LogP contribution in [0.5, 0.6) is 0 Å². The number of aliphatic hydroxyl groups is 1. The van der Waals surface area contributed by atoms with Gasteiger partial charge in [0.05, 0.1) is 10.6 Å². The van der Waals surface area contributed by atoms with Crippen LogP contribution in [0.15, 0.2) is 53.4 Å². The lowest BCUT2D eigenvalue weighted by atomic mass is 10.0. The summed E-state index contributed by atoms with van der Waals surface area (Å²) in [4.78, 5) is 0.119.